The number of imidazole rings is 1. The molecule has 28 heavy (non-hydrogen) atoms. The maximum atomic E-state index is 13.4. The van der Waals surface area contributed by atoms with Crippen LogP contribution in [0.25, 0.3) is 5.52 Å². The number of fused-ring (bicyclic) bond motifs is 1. The van der Waals surface area contributed by atoms with Gasteiger partial charge in [-0.2, -0.15) is 18.3 Å². The lowest BCUT2D eigenvalue weighted by atomic mass is 9.79. The summed E-state index contributed by atoms with van der Waals surface area (Å²) in [4.78, 5) is 18.4. The zero-order valence-corrected chi connectivity index (χ0v) is 15.7. The van der Waals surface area contributed by atoms with Crippen molar-refractivity contribution in [1.29, 1.82) is 0 Å². The second-order valence-corrected chi connectivity index (χ2v) is 7.91. The van der Waals surface area contributed by atoms with Gasteiger partial charge in [0.1, 0.15) is 0 Å². The maximum absolute atomic E-state index is 13.4. The van der Waals surface area contributed by atoms with E-state index in [4.69, 9.17) is 0 Å². The van der Waals surface area contributed by atoms with Crippen LogP contribution in [0.3, 0.4) is 0 Å². The Balaban J connectivity index is 1.71. The average Bonchev–Trinajstić information content (AvgIpc) is 3.28. The number of rotatable bonds is 2. The number of carbonyl (C=O) groups excluding carboxylic acids is 1. The summed E-state index contributed by atoms with van der Waals surface area (Å²) >= 11 is 0. The third-order valence-corrected chi connectivity index (χ3v) is 5.36. The van der Waals surface area contributed by atoms with E-state index in [1.165, 1.54) is 18.3 Å². The summed E-state index contributed by atoms with van der Waals surface area (Å²) in [5.74, 6) is -1.53. The maximum Gasteiger partial charge on any atom is 0.450 e. The van der Waals surface area contributed by atoms with Crippen molar-refractivity contribution < 1.29 is 18.0 Å². The molecule has 1 amide bonds. The Kier molecular flexibility index (Phi) is 4.02. The number of amides is 1. The van der Waals surface area contributed by atoms with Crippen LogP contribution in [-0.4, -0.2) is 43.1 Å². The molecule has 3 aromatic heterocycles. The van der Waals surface area contributed by atoms with Gasteiger partial charge < -0.3 is 4.90 Å². The van der Waals surface area contributed by atoms with Gasteiger partial charge in [-0.1, -0.05) is 19.9 Å². The highest BCUT2D eigenvalue weighted by Gasteiger charge is 2.44. The van der Waals surface area contributed by atoms with Crippen molar-refractivity contribution in [2.24, 2.45) is 12.5 Å². The fourth-order valence-corrected chi connectivity index (χ4v) is 4.01. The van der Waals surface area contributed by atoms with Crippen LogP contribution in [0.4, 0.5) is 13.2 Å². The first-order chi connectivity index (χ1) is 13.1. The molecule has 0 saturated carbocycles. The quantitative estimate of drug-likeness (QED) is 0.673. The summed E-state index contributed by atoms with van der Waals surface area (Å²) in [5, 5.41) is 4.20. The topological polar surface area (TPSA) is 55.4 Å². The number of halogens is 3. The Morgan fingerprint density at radius 1 is 1.29 bits per heavy atom. The Morgan fingerprint density at radius 2 is 2.04 bits per heavy atom. The fourth-order valence-electron chi connectivity index (χ4n) is 4.01. The van der Waals surface area contributed by atoms with Crippen LogP contribution in [0.5, 0.6) is 0 Å². The van der Waals surface area contributed by atoms with Crippen LogP contribution in [0.1, 0.15) is 41.6 Å². The predicted octanol–water partition coefficient (Wildman–Crippen LogP) is 3.35. The summed E-state index contributed by atoms with van der Waals surface area (Å²) in [5.41, 5.74) is 0.757. The number of aromatic nitrogens is 4. The molecule has 0 spiro atoms. The van der Waals surface area contributed by atoms with E-state index in [1.807, 2.05) is 27.1 Å². The Bertz CT molecular complexity index is 1050. The molecule has 4 heterocycles. The highest BCUT2D eigenvalue weighted by Crippen LogP contribution is 2.43. The Hall–Kier alpha value is -2.84. The van der Waals surface area contributed by atoms with Crippen LogP contribution in [0.2, 0.25) is 0 Å². The van der Waals surface area contributed by atoms with Gasteiger partial charge in [0.25, 0.3) is 5.91 Å². The van der Waals surface area contributed by atoms with E-state index in [-0.39, 0.29) is 22.5 Å². The van der Waals surface area contributed by atoms with E-state index < -0.39 is 17.9 Å². The molecule has 0 radical (unpaired) electrons. The van der Waals surface area contributed by atoms with E-state index in [0.29, 0.717) is 13.1 Å². The lowest BCUT2D eigenvalue weighted by molar-refractivity contribution is -0.145. The molecule has 1 saturated heterocycles. The number of hydrogen-bond donors (Lipinski definition) is 0. The normalized spacial score (nSPS) is 19.5. The van der Waals surface area contributed by atoms with Crippen LogP contribution in [0, 0.1) is 5.41 Å². The molecule has 0 aliphatic carbocycles. The standard InChI is InChI=1S/C19H20F3N5O/c1-18(2)11-26(10-13(18)12-8-23-25(3)9-12)16(28)15-14-6-4-5-7-27(14)17(24-15)19(20,21)22/h4-9,13H,10-11H2,1-3H3. The number of pyridine rings is 1. The lowest BCUT2D eigenvalue weighted by Gasteiger charge is -2.24. The molecule has 1 aliphatic rings. The van der Waals surface area contributed by atoms with Crippen molar-refractivity contribution in [1.82, 2.24) is 24.1 Å². The second kappa shape index (κ2) is 6.08. The number of likely N-dealkylation sites (tertiary alicyclic amines) is 1. The predicted molar refractivity (Wildman–Crippen MR) is 95.8 cm³/mol. The average molecular weight is 391 g/mol. The molecule has 0 bridgehead atoms. The van der Waals surface area contributed by atoms with Crippen molar-refractivity contribution in [3.05, 3.63) is 53.9 Å². The second-order valence-electron chi connectivity index (χ2n) is 7.91. The summed E-state index contributed by atoms with van der Waals surface area (Å²) in [6, 6.07) is 4.56. The van der Waals surface area contributed by atoms with Gasteiger partial charge in [-0.25, -0.2) is 4.98 Å². The van der Waals surface area contributed by atoms with Crippen molar-refractivity contribution in [2.45, 2.75) is 25.9 Å². The molecule has 0 N–H and O–H groups in total. The third kappa shape index (κ3) is 2.94. The van der Waals surface area contributed by atoms with Crippen molar-refractivity contribution >= 4 is 11.4 Å². The summed E-state index contributed by atoms with van der Waals surface area (Å²) in [7, 11) is 1.82. The van der Waals surface area contributed by atoms with E-state index in [9.17, 15) is 18.0 Å². The first kappa shape index (κ1) is 18.5. The van der Waals surface area contributed by atoms with Gasteiger partial charge in [0.2, 0.25) is 5.82 Å². The highest BCUT2D eigenvalue weighted by atomic mass is 19.4. The molecule has 1 fully saturated rings. The van der Waals surface area contributed by atoms with Crippen LogP contribution < -0.4 is 0 Å². The molecule has 9 heteroatoms. The number of hydrogen-bond acceptors (Lipinski definition) is 3. The molecule has 0 aromatic carbocycles. The highest BCUT2D eigenvalue weighted by molar-refractivity contribution is 5.99. The lowest BCUT2D eigenvalue weighted by Crippen LogP contribution is -2.30. The van der Waals surface area contributed by atoms with Gasteiger partial charge in [0, 0.05) is 38.4 Å². The molecule has 1 unspecified atom stereocenters. The molecule has 1 atom stereocenters. The smallest absolute Gasteiger partial charge is 0.336 e. The zero-order valence-electron chi connectivity index (χ0n) is 15.7. The van der Waals surface area contributed by atoms with Crippen molar-refractivity contribution in [2.75, 3.05) is 13.1 Å². The molecular weight excluding hydrogens is 371 g/mol. The summed E-state index contributed by atoms with van der Waals surface area (Å²) in [6.07, 6.45) is 0.307. The van der Waals surface area contributed by atoms with E-state index >= 15 is 0 Å². The molecule has 4 rings (SSSR count). The zero-order chi connectivity index (χ0) is 20.3. The minimum absolute atomic E-state index is 0.0427. The first-order valence-corrected chi connectivity index (χ1v) is 8.90. The summed E-state index contributed by atoms with van der Waals surface area (Å²) < 4.78 is 42.7. The number of nitrogens with zero attached hydrogens (tertiary/aromatic N) is 5. The Labute approximate surface area is 159 Å². The van der Waals surface area contributed by atoms with E-state index in [0.717, 1.165) is 9.96 Å². The van der Waals surface area contributed by atoms with Gasteiger partial charge >= 0.3 is 6.18 Å². The molecule has 3 aromatic rings. The number of carbonyl (C=O) groups is 1. The SMILES string of the molecule is Cn1cc(C2CN(C(=O)c3nc(C(F)(F)F)n4ccccc34)CC2(C)C)cn1. The van der Waals surface area contributed by atoms with Gasteiger partial charge in [0.05, 0.1) is 11.7 Å². The monoisotopic (exact) mass is 391 g/mol. The largest absolute Gasteiger partial charge is 0.450 e. The molecule has 6 nitrogen and oxygen atoms in total. The molecular formula is C19H20F3N5O. The minimum atomic E-state index is -4.65. The van der Waals surface area contributed by atoms with Crippen molar-refractivity contribution in [3.8, 4) is 0 Å². The van der Waals surface area contributed by atoms with Gasteiger partial charge in [-0.15, -0.1) is 0 Å². The van der Waals surface area contributed by atoms with Gasteiger partial charge in [0.15, 0.2) is 5.69 Å². The third-order valence-electron chi connectivity index (χ3n) is 5.36. The number of alkyl halides is 3. The van der Waals surface area contributed by atoms with Crippen LogP contribution in [-0.2, 0) is 13.2 Å². The fraction of sp³-hybridized carbons (Fsp3) is 0.421. The molecule has 148 valence electrons. The summed E-state index contributed by atoms with van der Waals surface area (Å²) in [6.45, 7) is 4.93. The van der Waals surface area contributed by atoms with Gasteiger partial charge in [-0.3, -0.25) is 13.9 Å². The van der Waals surface area contributed by atoms with Crippen molar-refractivity contribution in [3.63, 3.8) is 0 Å². The van der Waals surface area contributed by atoms with Gasteiger partial charge in [-0.05, 0) is 23.1 Å². The van der Waals surface area contributed by atoms with E-state index in [2.05, 4.69) is 10.1 Å². The van der Waals surface area contributed by atoms with Crippen LogP contribution in [0.15, 0.2) is 36.8 Å². The first-order valence-electron chi connectivity index (χ1n) is 8.90. The minimum Gasteiger partial charge on any atom is -0.336 e. The molecule has 1 aliphatic heterocycles. The number of aryl methyl sites for hydroxylation is 1. The van der Waals surface area contributed by atoms with E-state index in [1.54, 1.807) is 21.8 Å². The Morgan fingerprint density at radius 3 is 2.68 bits per heavy atom. The van der Waals surface area contributed by atoms with Crippen LogP contribution >= 0.6 is 0 Å².